The Bertz CT molecular complexity index is 760. The molecule has 146 valence electrons. The van der Waals surface area contributed by atoms with Crippen molar-refractivity contribution in [3.8, 4) is 0 Å². The number of urea groups is 1. The van der Waals surface area contributed by atoms with Crippen LogP contribution in [0.2, 0.25) is 0 Å². The summed E-state index contributed by atoms with van der Waals surface area (Å²) in [4.78, 5) is 44.3. The van der Waals surface area contributed by atoms with Crippen LogP contribution in [0.1, 0.15) is 25.2 Å². The van der Waals surface area contributed by atoms with E-state index >= 15 is 0 Å². The Morgan fingerprint density at radius 1 is 1.22 bits per heavy atom. The van der Waals surface area contributed by atoms with E-state index in [9.17, 15) is 14.4 Å². The lowest BCUT2D eigenvalue weighted by Gasteiger charge is -2.26. The third kappa shape index (κ3) is 5.95. The number of esters is 2. The van der Waals surface area contributed by atoms with E-state index in [0.29, 0.717) is 5.16 Å². The first-order valence-corrected chi connectivity index (χ1v) is 9.37. The number of hydrogen-bond donors (Lipinski definition) is 2. The molecule has 0 aromatic carbocycles. The van der Waals surface area contributed by atoms with E-state index in [0.717, 1.165) is 23.1 Å². The van der Waals surface area contributed by atoms with Gasteiger partial charge in [-0.1, -0.05) is 11.8 Å². The highest BCUT2D eigenvalue weighted by atomic mass is 32.2. The predicted molar refractivity (Wildman–Crippen MR) is 98.0 cm³/mol. The molecule has 0 spiro atoms. The zero-order valence-electron chi connectivity index (χ0n) is 15.6. The minimum atomic E-state index is -0.568. The number of carbonyl (C=O) groups is 3. The van der Waals surface area contributed by atoms with Crippen LogP contribution < -0.4 is 10.6 Å². The summed E-state index contributed by atoms with van der Waals surface area (Å²) in [7, 11) is 0. The molecule has 2 amide bonds. The zero-order chi connectivity index (χ0) is 20.0. The smallest absolute Gasteiger partial charge is 0.338 e. The molecule has 9 nitrogen and oxygen atoms in total. The summed E-state index contributed by atoms with van der Waals surface area (Å²) in [5.41, 5.74) is 2.07. The van der Waals surface area contributed by atoms with Gasteiger partial charge in [-0.05, 0) is 33.8 Å². The van der Waals surface area contributed by atoms with Crippen LogP contribution in [-0.4, -0.2) is 52.9 Å². The molecule has 2 rings (SSSR count). The van der Waals surface area contributed by atoms with Crippen molar-refractivity contribution in [2.45, 2.75) is 38.9 Å². The lowest BCUT2D eigenvalue weighted by atomic mass is 10.0. The lowest BCUT2D eigenvalue weighted by molar-refractivity contribution is -0.141. The summed E-state index contributed by atoms with van der Waals surface area (Å²) in [6.45, 7) is 6.99. The van der Waals surface area contributed by atoms with E-state index in [1.807, 2.05) is 19.9 Å². The average molecular weight is 394 g/mol. The van der Waals surface area contributed by atoms with Gasteiger partial charge >= 0.3 is 18.0 Å². The largest absolute Gasteiger partial charge is 0.463 e. The average Bonchev–Trinajstić information content (AvgIpc) is 2.57. The Kier molecular flexibility index (Phi) is 7.17. The normalized spacial score (nSPS) is 16.4. The molecule has 0 radical (unpaired) electrons. The van der Waals surface area contributed by atoms with Crippen molar-refractivity contribution in [1.29, 1.82) is 0 Å². The number of ether oxygens (including phenoxy) is 2. The van der Waals surface area contributed by atoms with Crippen LogP contribution >= 0.6 is 11.8 Å². The van der Waals surface area contributed by atoms with Gasteiger partial charge in [0.1, 0.15) is 6.61 Å². The van der Waals surface area contributed by atoms with Gasteiger partial charge in [-0.3, -0.25) is 4.79 Å². The second-order valence-corrected chi connectivity index (χ2v) is 6.76. The van der Waals surface area contributed by atoms with Gasteiger partial charge < -0.3 is 20.1 Å². The summed E-state index contributed by atoms with van der Waals surface area (Å²) < 4.78 is 10.2. The Morgan fingerprint density at radius 3 is 2.52 bits per heavy atom. The monoisotopic (exact) mass is 394 g/mol. The second-order valence-electron chi connectivity index (χ2n) is 5.82. The molecule has 0 unspecified atom stereocenters. The van der Waals surface area contributed by atoms with E-state index in [1.165, 1.54) is 0 Å². The number of thioether (sulfide) groups is 1. The number of hydrogen-bond acceptors (Lipinski definition) is 8. The van der Waals surface area contributed by atoms with E-state index in [4.69, 9.17) is 9.47 Å². The van der Waals surface area contributed by atoms with Crippen molar-refractivity contribution in [3.05, 3.63) is 28.7 Å². The molecule has 1 aromatic heterocycles. The van der Waals surface area contributed by atoms with Crippen molar-refractivity contribution in [2.24, 2.45) is 0 Å². The lowest BCUT2D eigenvalue weighted by Crippen LogP contribution is -2.50. The third-order valence-corrected chi connectivity index (χ3v) is 4.34. The molecule has 0 saturated heterocycles. The van der Waals surface area contributed by atoms with E-state index in [2.05, 4.69) is 20.6 Å². The fourth-order valence-corrected chi connectivity index (χ4v) is 3.22. The second kappa shape index (κ2) is 9.36. The molecular weight excluding hydrogens is 372 g/mol. The SMILES string of the molecule is CCOC(=O)C1=C(COC(=O)CSc2nc(C)cc(C)n2)NC(=O)N[C@@H]1C. The van der Waals surface area contributed by atoms with Crippen molar-refractivity contribution < 1.29 is 23.9 Å². The predicted octanol–water partition coefficient (Wildman–Crippen LogP) is 1.25. The first-order valence-electron chi connectivity index (χ1n) is 8.38. The van der Waals surface area contributed by atoms with Gasteiger partial charge in [0.15, 0.2) is 5.16 Å². The van der Waals surface area contributed by atoms with Crippen molar-refractivity contribution in [2.75, 3.05) is 19.0 Å². The molecule has 0 saturated carbocycles. The molecule has 27 heavy (non-hydrogen) atoms. The number of rotatable bonds is 7. The van der Waals surface area contributed by atoms with Gasteiger partial charge in [-0.2, -0.15) is 0 Å². The molecule has 1 aliphatic rings. The van der Waals surface area contributed by atoms with Crippen LogP contribution in [0.15, 0.2) is 22.5 Å². The molecule has 0 aliphatic carbocycles. The van der Waals surface area contributed by atoms with Crippen LogP contribution in [0.5, 0.6) is 0 Å². The summed E-state index contributed by atoms with van der Waals surface area (Å²) in [6.07, 6.45) is 0. The zero-order valence-corrected chi connectivity index (χ0v) is 16.4. The molecule has 1 aromatic rings. The van der Waals surface area contributed by atoms with Crippen LogP contribution in [0.3, 0.4) is 0 Å². The standard InChI is InChI=1S/C17H22N4O5S/c1-5-25-15(23)14-11(4)20-16(24)21-12(14)7-26-13(22)8-27-17-18-9(2)6-10(3)19-17/h6,11H,5,7-8H2,1-4H3,(H2,20,21,24)/t11-/m1/s1. The topological polar surface area (TPSA) is 120 Å². The Morgan fingerprint density at radius 2 is 1.89 bits per heavy atom. The minimum Gasteiger partial charge on any atom is -0.463 e. The van der Waals surface area contributed by atoms with Gasteiger partial charge in [-0.15, -0.1) is 0 Å². The van der Waals surface area contributed by atoms with Crippen molar-refractivity contribution in [1.82, 2.24) is 20.6 Å². The summed E-state index contributed by atoms with van der Waals surface area (Å²) >= 11 is 1.16. The maximum absolute atomic E-state index is 12.1. The fourth-order valence-electron chi connectivity index (χ4n) is 2.47. The first-order chi connectivity index (χ1) is 12.8. The van der Waals surface area contributed by atoms with Gasteiger partial charge in [-0.25, -0.2) is 19.6 Å². The molecule has 0 bridgehead atoms. The van der Waals surface area contributed by atoms with Crippen LogP contribution in [0.25, 0.3) is 0 Å². The summed E-state index contributed by atoms with van der Waals surface area (Å²) in [5, 5.41) is 5.56. The first kappa shape index (κ1) is 20.7. The Balaban J connectivity index is 1.99. The van der Waals surface area contributed by atoms with Gasteiger partial charge in [0.2, 0.25) is 0 Å². The number of aromatic nitrogens is 2. The number of nitrogens with zero attached hydrogens (tertiary/aromatic N) is 2. The molecule has 0 fully saturated rings. The fraction of sp³-hybridized carbons (Fsp3) is 0.471. The minimum absolute atomic E-state index is 0.00661. The number of nitrogens with one attached hydrogen (secondary N) is 2. The maximum Gasteiger partial charge on any atom is 0.338 e. The van der Waals surface area contributed by atoms with Gasteiger partial charge in [0, 0.05) is 11.4 Å². The highest BCUT2D eigenvalue weighted by Crippen LogP contribution is 2.17. The summed E-state index contributed by atoms with van der Waals surface area (Å²) in [6, 6.07) is 0.816. The quantitative estimate of drug-likeness (QED) is 0.403. The maximum atomic E-state index is 12.1. The van der Waals surface area contributed by atoms with Crippen LogP contribution in [-0.2, 0) is 19.1 Å². The highest BCUT2D eigenvalue weighted by molar-refractivity contribution is 7.99. The van der Waals surface area contributed by atoms with Gasteiger partial charge in [0.25, 0.3) is 0 Å². The van der Waals surface area contributed by atoms with E-state index in [1.54, 1.807) is 13.8 Å². The third-order valence-electron chi connectivity index (χ3n) is 3.52. The molecule has 1 atom stereocenters. The van der Waals surface area contributed by atoms with Crippen LogP contribution in [0.4, 0.5) is 4.79 Å². The molecule has 2 N–H and O–H groups in total. The molecule has 10 heteroatoms. The summed E-state index contributed by atoms with van der Waals surface area (Å²) in [5.74, 6) is -1.08. The Hall–Kier alpha value is -2.62. The van der Waals surface area contributed by atoms with Gasteiger partial charge in [0.05, 0.1) is 29.7 Å². The number of aryl methyl sites for hydroxylation is 2. The number of carbonyl (C=O) groups excluding carboxylic acids is 3. The Labute approximate surface area is 161 Å². The van der Waals surface area contributed by atoms with Crippen LogP contribution in [0, 0.1) is 13.8 Å². The molecular formula is C17H22N4O5S. The van der Waals surface area contributed by atoms with Crippen molar-refractivity contribution in [3.63, 3.8) is 0 Å². The van der Waals surface area contributed by atoms with E-state index < -0.39 is 24.0 Å². The van der Waals surface area contributed by atoms with Crippen molar-refractivity contribution >= 4 is 29.7 Å². The van der Waals surface area contributed by atoms with E-state index in [-0.39, 0.29) is 30.2 Å². The highest BCUT2D eigenvalue weighted by Gasteiger charge is 2.30. The number of amides is 2. The molecule has 1 aliphatic heterocycles. The molecule has 2 heterocycles.